The van der Waals surface area contributed by atoms with Crippen molar-refractivity contribution >= 4 is 40.5 Å². The maximum Gasteiger partial charge on any atom is 0.338 e. The summed E-state index contributed by atoms with van der Waals surface area (Å²) < 4.78 is 10.4. The Bertz CT molecular complexity index is 986. The third-order valence-corrected chi connectivity index (χ3v) is 5.27. The summed E-state index contributed by atoms with van der Waals surface area (Å²) in [5.41, 5.74) is 0.818. The first kappa shape index (κ1) is 17.7. The molecule has 0 radical (unpaired) electrons. The van der Waals surface area contributed by atoms with Gasteiger partial charge in [0.05, 0.1) is 21.2 Å². The predicted molar refractivity (Wildman–Crippen MR) is 99.8 cm³/mol. The number of rotatable bonds is 5. The van der Waals surface area contributed by atoms with E-state index in [1.54, 1.807) is 23.1 Å². The maximum atomic E-state index is 12.4. The number of halogens is 1. The van der Waals surface area contributed by atoms with Gasteiger partial charge < -0.3 is 14.2 Å². The van der Waals surface area contributed by atoms with Crippen molar-refractivity contribution in [1.29, 1.82) is 0 Å². The van der Waals surface area contributed by atoms with Crippen molar-refractivity contribution in [3.63, 3.8) is 0 Å². The van der Waals surface area contributed by atoms with Crippen LogP contribution in [0.3, 0.4) is 0 Å². The number of hydrogen-bond acceptors (Lipinski definition) is 7. The molecule has 0 atom stereocenters. The summed E-state index contributed by atoms with van der Waals surface area (Å²) in [6, 6.07) is 8.47. The number of carbonyl (C=O) groups excluding carboxylic acids is 2. The molecule has 0 bridgehead atoms. The highest BCUT2D eigenvalue weighted by molar-refractivity contribution is 7.13. The highest BCUT2D eigenvalue weighted by Crippen LogP contribution is 2.30. The molecule has 2 aromatic heterocycles. The summed E-state index contributed by atoms with van der Waals surface area (Å²) in [6.45, 7) is 0.447. The minimum atomic E-state index is -0.560. The Morgan fingerprint density at radius 3 is 3.00 bits per heavy atom. The van der Waals surface area contributed by atoms with E-state index in [0.717, 1.165) is 11.3 Å². The van der Waals surface area contributed by atoms with Crippen LogP contribution in [0.2, 0.25) is 5.02 Å². The number of ether oxygens (including phenoxy) is 1. The molecular weight excluding hydrogens is 390 g/mol. The second-order valence-electron chi connectivity index (χ2n) is 5.88. The molecule has 4 rings (SSSR count). The molecule has 0 spiro atoms. The molecule has 0 aliphatic carbocycles. The number of carbonyl (C=O) groups is 2. The molecule has 1 fully saturated rings. The van der Waals surface area contributed by atoms with Crippen LogP contribution in [0.15, 0.2) is 40.2 Å². The van der Waals surface area contributed by atoms with Gasteiger partial charge in [-0.15, -0.1) is 11.3 Å². The topological polar surface area (TPSA) is 85.5 Å². The first-order chi connectivity index (χ1) is 13.1. The Hall–Kier alpha value is -2.71. The Morgan fingerprint density at radius 2 is 2.26 bits per heavy atom. The lowest BCUT2D eigenvalue weighted by Gasteiger charge is -2.18. The highest BCUT2D eigenvalue weighted by atomic mass is 35.5. The minimum Gasteiger partial charge on any atom is -0.452 e. The standard InChI is InChI=1S/C18H14ClN3O4S/c19-12-6-5-11(9-13(12)22-7-1-4-16(22)23)18(24)25-10-15-20-17(21-26-15)14-3-2-8-27-14/h2-3,5-6,8-9H,1,4,7,10H2. The number of esters is 1. The molecule has 0 saturated carbocycles. The van der Waals surface area contributed by atoms with Gasteiger partial charge in [0.25, 0.3) is 5.89 Å². The Kier molecular flexibility index (Phi) is 4.91. The third kappa shape index (κ3) is 3.72. The van der Waals surface area contributed by atoms with E-state index in [2.05, 4.69) is 10.1 Å². The molecular formula is C18H14ClN3O4S. The summed E-state index contributed by atoms with van der Waals surface area (Å²) in [5, 5.41) is 6.19. The fourth-order valence-electron chi connectivity index (χ4n) is 2.78. The summed E-state index contributed by atoms with van der Waals surface area (Å²) in [5.74, 6) is 0.0952. The van der Waals surface area contributed by atoms with Gasteiger partial charge in [-0.1, -0.05) is 22.8 Å². The monoisotopic (exact) mass is 403 g/mol. The van der Waals surface area contributed by atoms with E-state index in [1.807, 2.05) is 17.5 Å². The molecule has 7 nitrogen and oxygen atoms in total. The molecule has 1 aliphatic rings. The first-order valence-corrected chi connectivity index (χ1v) is 9.51. The Labute approximate surface area is 163 Å². The molecule has 1 amide bonds. The Morgan fingerprint density at radius 1 is 1.37 bits per heavy atom. The van der Waals surface area contributed by atoms with Crippen LogP contribution in [-0.2, 0) is 16.1 Å². The normalized spacial score (nSPS) is 14.0. The average molecular weight is 404 g/mol. The highest BCUT2D eigenvalue weighted by Gasteiger charge is 2.25. The molecule has 27 heavy (non-hydrogen) atoms. The van der Waals surface area contributed by atoms with Crippen molar-refractivity contribution in [2.24, 2.45) is 0 Å². The minimum absolute atomic E-state index is 0.00520. The maximum absolute atomic E-state index is 12.4. The summed E-state index contributed by atoms with van der Waals surface area (Å²) in [6.07, 6.45) is 1.25. The first-order valence-electron chi connectivity index (χ1n) is 8.25. The van der Waals surface area contributed by atoms with Gasteiger partial charge in [0.1, 0.15) is 0 Å². The molecule has 0 unspecified atom stereocenters. The summed E-state index contributed by atoms with van der Waals surface area (Å²) >= 11 is 7.68. The van der Waals surface area contributed by atoms with E-state index in [9.17, 15) is 9.59 Å². The molecule has 1 aromatic carbocycles. The smallest absolute Gasteiger partial charge is 0.338 e. The van der Waals surface area contributed by atoms with E-state index in [-0.39, 0.29) is 18.4 Å². The second kappa shape index (κ2) is 7.50. The number of amides is 1. The SMILES string of the molecule is O=C(OCc1nc(-c2cccs2)no1)c1ccc(Cl)c(N2CCCC2=O)c1. The van der Waals surface area contributed by atoms with Gasteiger partial charge in [-0.3, -0.25) is 4.79 Å². The lowest BCUT2D eigenvalue weighted by molar-refractivity contribution is -0.117. The van der Waals surface area contributed by atoms with Crippen molar-refractivity contribution in [1.82, 2.24) is 10.1 Å². The molecule has 1 saturated heterocycles. The van der Waals surface area contributed by atoms with Crippen LogP contribution in [0.4, 0.5) is 5.69 Å². The summed E-state index contributed by atoms with van der Waals surface area (Å²) in [4.78, 5) is 31.0. The number of nitrogens with zero attached hydrogens (tertiary/aromatic N) is 3. The average Bonchev–Trinajstić information content (AvgIpc) is 3.41. The Balaban J connectivity index is 1.45. The summed E-state index contributed by atoms with van der Waals surface area (Å²) in [7, 11) is 0. The molecule has 9 heteroatoms. The second-order valence-corrected chi connectivity index (χ2v) is 7.24. The fraction of sp³-hybridized carbons (Fsp3) is 0.222. The van der Waals surface area contributed by atoms with Crippen molar-refractivity contribution in [3.8, 4) is 10.7 Å². The van der Waals surface area contributed by atoms with Crippen molar-refractivity contribution in [2.75, 3.05) is 11.4 Å². The van der Waals surface area contributed by atoms with Gasteiger partial charge in [-0.05, 0) is 36.1 Å². The lowest BCUT2D eigenvalue weighted by atomic mass is 10.2. The van der Waals surface area contributed by atoms with E-state index < -0.39 is 5.97 Å². The number of benzene rings is 1. The number of thiophene rings is 1. The van der Waals surface area contributed by atoms with Crippen LogP contribution in [0.25, 0.3) is 10.7 Å². The molecule has 3 aromatic rings. The van der Waals surface area contributed by atoms with Gasteiger partial charge in [-0.2, -0.15) is 4.98 Å². The molecule has 0 N–H and O–H groups in total. The molecule has 3 heterocycles. The quantitative estimate of drug-likeness (QED) is 0.600. The van der Waals surface area contributed by atoms with Crippen molar-refractivity contribution in [2.45, 2.75) is 19.4 Å². The van der Waals surface area contributed by atoms with Crippen molar-refractivity contribution < 1.29 is 18.8 Å². The zero-order valence-electron chi connectivity index (χ0n) is 14.1. The van der Waals surface area contributed by atoms with E-state index in [0.29, 0.717) is 35.1 Å². The number of aromatic nitrogens is 2. The molecule has 138 valence electrons. The van der Waals surface area contributed by atoms with Gasteiger partial charge in [0.2, 0.25) is 11.7 Å². The zero-order chi connectivity index (χ0) is 18.8. The van der Waals surface area contributed by atoms with Crippen LogP contribution >= 0.6 is 22.9 Å². The van der Waals surface area contributed by atoms with Crippen molar-refractivity contribution in [3.05, 3.63) is 52.2 Å². The van der Waals surface area contributed by atoms with Crippen LogP contribution in [0.5, 0.6) is 0 Å². The van der Waals surface area contributed by atoms with E-state index >= 15 is 0 Å². The number of hydrogen-bond donors (Lipinski definition) is 0. The lowest BCUT2D eigenvalue weighted by Crippen LogP contribution is -2.24. The van der Waals surface area contributed by atoms with Crippen LogP contribution in [0, 0.1) is 0 Å². The van der Waals surface area contributed by atoms with Crippen LogP contribution in [0.1, 0.15) is 29.1 Å². The van der Waals surface area contributed by atoms with E-state index in [4.69, 9.17) is 20.9 Å². The van der Waals surface area contributed by atoms with Gasteiger partial charge >= 0.3 is 5.97 Å². The largest absolute Gasteiger partial charge is 0.452 e. The predicted octanol–water partition coefficient (Wildman–Crippen LogP) is 3.94. The number of anilines is 1. The fourth-order valence-corrected chi connectivity index (χ4v) is 3.65. The van der Waals surface area contributed by atoms with Gasteiger partial charge in [-0.25, -0.2) is 4.79 Å². The van der Waals surface area contributed by atoms with E-state index in [1.165, 1.54) is 11.3 Å². The zero-order valence-corrected chi connectivity index (χ0v) is 15.6. The van der Waals surface area contributed by atoms with Crippen LogP contribution in [-0.4, -0.2) is 28.6 Å². The third-order valence-electron chi connectivity index (χ3n) is 4.08. The van der Waals surface area contributed by atoms with Crippen LogP contribution < -0.4 is 4.90 Å². The van der Waals surface area contributed by atoms with Gasteiger partial charge in [0, 0.05) is 13.0 Å². The molecule has 1 aliphatic heterocycles. The van der Waals surface area contributed by atoms with Gasteiger partial charge in [0.15, 0.2) is 6.61 Å².